The molecule has 0 unspecified atom stereocenters. The van der Waals surface area contributed by atoms with Crippen molar-refractivity contribution in [3.05, 3.63) is 59.9 Å². The Hall–Kier alpha value is -2.58. The topological polar surface area (TPSA) is 103 Å². The molecular weight excluding hydrogens is 342 g/mol. The van der Waals surface area contributed by atoms with Gasteiger partial charge in [-0.25, -0.2) is 18.4 Å². The van der Waals surface area contributed by atoms with E-state index >= 15 is 0 Å². The van der Waals surface area contributed by atoms with Crippen LogP contribution in [0.25, 0.3) is 0 Å². The van der Waals surface area contributed by atoms with Crippen LogP contribution >= 0.6 is 0 Å². The van der Waals surface area contributed by atoms with Gasteiger partial charge in [0.1, 0.15) is 22.7 Å². The van der Waals surface area contributed by atoms with E-state index in [-0.39, 0.29) is 10.8 Å². The predicted octanol–water partition coefficient (Wildman–Crippen LogP) is 1.54. The van der Waals surface area contributed by atoms with Crippen LogP contribution in [0.15, 0.2) is 58.8 Å². The maximum absolute atomic E-state index is 11.5. The van der Waals surface area contributed by atoms with Crippen LogP contribution in [0.2, 0.25) is 0 Å². The van der Waals surface area contributed by atoms with Crippen LogP contribution < -0.4 is 9.99 Å². The number of rotatable bonds is 3. The normalized spacial score (nSPS) is 10.3. The number of hydrogen-bond acceptors (Lipinski definition) is 5. The predicted molar refractivity (Wildman–Crippen MR) is 93.0 cm³/mol. The Morgan fingerprint density at radius 1 is 1.16 bits per heavy atom. The first-order chi connectivity index (χ1) is 11.6. The molecule has 0 bridgehead atoms. The lowest BCUT2D eigenvalue weighted by Gasteiger charge is -2.05. The van der Waals surface area contributed by atoms with E-state index in [0.717, 1.165) is 11.3 Å². The van der Waals surface area contributed by atoms with E-state index in [0.29, 0.717) is 5.56 Å². The second kappa shape index (κ2) is 9.05. The maximum Gasteiger partial charge on any atom is 0.277 e. The molecule has 0 atom stereocenters. The van der Waals surface area contributed by atoms with Crippen LogP contribution in [-0.4, -0.2) is 24.6 Å². The van der Waals surface area contributed by atoms with Gasteiger partial charge in [0.05, 0.1) is 4.90 Å². The van der Waals surface area contributed by atoms with Crippen LogP contribution in [0.1, 0.15) is 29.8 Å². The Labute approximate surface area is 147 Å². The zero-order chi connectivity index (χ0) is 19.0. The second-order valence-electron chi connectivity index (χ2n) is 5.53. The number of carbonyl (C=O) groups is 1. The Morgan fingerprint density at radius 2 is 1.76 bits per heavy atom. The number of aromatic nitrogens is 1. The van der Waals surface area contributed by atoms with E-state index in [1.165, 1.54) is 12.1 Å². The molecule has 0 saturated carbocycles. The quantitative estimate of drug-likeness (QED) is 0.387. The first-order valence-corrected chi connectivity index (χ1v) is 8.79. The second-order valence-corrected chi connectivity index (χ2v) is 6.90. The highest BCUT2D eigenvalue weighted by Crippen LogP contribution is 2.08. The number of hydrogen-bond donors (Lipinski definition) is 1. The van der Waals surface area contributed by atoms with E-state index in [4.69, 9.17) is 0 Å². The largest absolute Gasteiger partial charge is 0.744 e. The molecule has 1 N–H and O–H groups in total. The number of nitrogens with one attached hydrogen (secondary N) is 1. The van der Waals surface area contributed by atoms with Gasteiger partial charge >= 0.3 is 0 Å². The molecule has 1 aromatic carbocycles. The van der Waals surface area contributed by atoms with Crippen LogP contribution in [0, 0.1) is 6.92 Å². The van der Waals surface area contributed by atoms with Gasteiger partial charge in [-0.3, -0.25) is 4.79 Å². The summed E-state index contributed by atoms with van der Waals surface area (Å²) in [6, 6.07) is 9.35. The molecule has 7 nitrogen and oxygen atoms in total. The molecule has 0 aliphatic heterocycles. The minimum Gasteiger partial charge on any atom is -0.744 e. The summed E-state index contributed by atoms with van der Waals surface area (Å²) in [7, 11) is -2.40. The molecule has 1 aromatic heterocycles. The van der Waals surface area contributed by atoms with Gasteiger partial charge < -0.3 is 4.55 Å². The summed E-state index contributed by atoms with van der Waals surface area (Å²) in [4.78, 5) is 11.3. The minimum absolute atomic E-state index is 0.178. The number of nitrogens with zero attached hydrogens (tertiary/aromatic N) is 2. The van der Waals surface area contributed by atoms with Crippen LogP contribution in [0.4, 0.5) is 0 Å². The van der Waals surface area contributed by atoms with Crippen molar-refractivity contribution in [1.82, 2.24) is 5.43 Å². The SMILES string of the molecule is CC(C)=NNC(=O)c1ccc[n+](C)c1.Cc1ccc(S(=O)(=O)[O-])cc1. The molecule has 0 spiro atoms. The van der Waals surface area contributed by atoms with E-state index in [1.807, 2.05) is 44.6 Å². The molecule has 0 aliphatic rings. The zero-order valence-electron chi connectivity index (χ0n) is 14.6. The van der Waals surface area contributed by atoms with Crippen molar-refractivity contribution in [2.24, 2.45) is 12.1 Å². The molecule has 2 aromatic rings. The van der Waals surface area contributed by atoms with E-state index in [2.05, 4.69) is 10.5 Å². The third kappa shape index (κ3) is 7.69. The van der Waals surface area contributed by atoms with Crippen LogP contribution in [0.3, 0.4) is 0 Å². The molecule has 2 rings (SSSR count). The Bertz CT molecular complexity index is 856. The van der Waals surface area contributed by atoms with Gasteiger partial charge in [0, 0.05) is 11.8 Å². The van der Waals surface area contributed by atoms with Crippen LogP contribution in [-0.2, 0) is 17.2 Å². The van der Waals surface area contributed by atoms with Crippen molar-refractivity contribution < 1.29 is 22.3 Å². The summed E-state index contributed by atoms with van der Waals surface area (Å²) >= 11 is 0. The van der Waals surface area contributed by atoms with Gasteiger partial charge in [0.15, 0.2) is 12.4 Å². The summed E-state index contributed by atoms with van der Waals surface area (Å²) < 4.78 is 33.0. The number of pyridine rings is 1. The number of carbonyl (C=O) groups excluding carboxylic acids is 1. The van der Waals surface area contributed by atoms with E-state index < -0.39 is 10.1 Å². The highest BCUT2D eigenvalue weighted by molar-refractivity contribution is 7.85. The fourth-order valence-electron chi connectivity index (χ4n) is 1.65. The maximum atomic E-state index is 11.5. The van der Waals surface area contributed by atoms with Crippen molar-refractivity contribution in [3.63, 3.8) is 0 Å². The molecule has 1 amide bonds. The summed E-state index contributed by atoms with van der Waals surface area (Å²) in [5, 5.41) is 3.84. The van der Waals surface area contributed by atoms with E-state index in [9.17, 15) is 17.8 Å². The third-order valence-corrected chi connectivity index (χ3v) is 3.74. The number of benzene rings is 1. The number of aryl methyl sites for hydroxylation is 2. The Kier molecular flexibility index (Phi) is 7.41. The van der Waals surface area contributed by atoms with Gasteiger partial charge in [-0.15, -0.1) is 0 Å². The summed E-state index contributed by atoms with van der Waals surface area (Å²) in [5.41, 5.74) is 4.80. The highest BCUT2D eigenvalue weighted by atomic mass is 32.2. The van der Waals surface area contributed by atoms with Crippen LogP contribution in [0.5, 0.6) is 0 Å². The van der Waals surface area contributed by atoms with Crippen molar-refractivity contribution in [1.29, 1.82) is 0 Å². The molecule has 0 saturated heterocycles. The highest BCUT2D eigenvalue weighted by Gasteiger charge is 2.07. The lowest BCUT2D eigenvalue weighted by molar-refractivity contribution is -0.671. The Morgan fingerprint density at radius 3 is 2.24 bits per heavy atom. The fourth-order valence-corrected chi connectivity index (χ4v) is 2.12. The minimum atomic E-state index is -4.27. The average Bonchev–Trinajstić information content (AvgIpc) is 2.52. The molecule has 0 radical (unpaired) electrons. The Balaban J connectivity index is 0.000000257. The number of amides is 1. The lowest BCUT2D eigenvalue weighted by Crippen LogP contribution is -2.29. The fraction of sp³-hybridized carbons (Fsp3) is 0.235. The summed E-state index contributed by atoms with van der Waals surface area (Å²) in [5.74, 6) is -0.192. The third-order valence-electron chi connectivity index (χ3n) is 2.89. The monoisotopic (exact) mass is 363 g/mol. The molecule has 8 heteroatoms. The first kappa shape index (κ1) is 20.5. The van der Waals surface area contributed by atoms with Gasteiger partial charge in [-0.05, 0) is 39.0 Å². The van der Waals surface area contributed by atoms with Crippen molar-refractivity contribution in [3.8, 4) is 0 Å². The molecule has 0 aliphatic carbocycles. The molecule has 25 heavy (non-hydrogen) atoms. The summed E-state index contributed by atoms with van der Waals surface area (Å²) in [6.07, 6.45) is 3.61. The average molecular weight is 363 g/mol. The first-order valence-electron chi connectivity index (χ1n) is 7.38. The number of hydrazone groups is 1. The van der Waals surface area contributed by atoms with Crippen molar-refractivity contribution in [2.75, 3.05) is 0 Å². The van der Waals surface area contributed by atoms with Crippen molar-refractivity contribution >= 4 is 21.7 Å². The summed E-state index contributed by atoms with van der Waals surface area (Å²) in [6.45, 7) is 5.47. The molecule has 0 fully saturated rings. The van der Waals surface area contributed by atoms with Gasteiger partial charge in [-0.1, -0.05) is 17.7 Å². The van der Waals surface area contributed by atoms with E-state index in [1.54, 1.807) is 24.4 Å². The molecule has 134 valence electrons. The van der Waals surface area contributed by atoms with Gasteiger partial charge in [-0.2, -0.15) is 5.10 Å². The molecular formula is C17H21N3O4S. The standard InChI is InChI=1S/C10H13N3O.C7H8O3S/c1-8(2)11-12-10(14)9-5-4-6-13(3)7-9;1-6-2-4-7(5-3-6)11(8,9)10/h4-7H,1-3H3;2-5H,1H3,(H,8,9,10). The lowest BCUT2D eigenvalue weighted by atomic mass is 10.2. The smallest absolute Gasteiger partial charge is 0.277 e. The zero-order valence-corrected chi connectivity index (χ0v) is 15.4. The molecule has 1 heterocycles. The van der Waals surface area contributed by atoms with Gasteiger partial charge in [0.25, 0.3) is 5.91 Å². The van der Waals surface area contributed by atoms with Gasteiger partial charge in [0.2, 0.25) is 0 Å². The van der Waals surface area contributed by atoms with Crippen molar-refractivity contribution in [2.45, 2.75) is 25.7 Å².